The van der Waals surface area contributed by atoms with E-state index in [1.165, 1.54) is 4.90 Å². The summed E-state index contributed by atoms with van der Waals surface area (Å²) in [6.07, 6.45) is 0.407. The molecule has 148 valence electrons. The van der Waals surface area contributed by atoms with Gasteiger partial charge in [-0.15, -0.1) is 0 Å². The van der Waals surface area contributed by atoms with Crippen LogP contribution in [0.1, 0.15) is 19.4 Å². The molecular weight excluding hydrogens is 466 g/mol. The zero-order valence-corrected chi connectivity index (χ0v) is 18.6. The van der Waals surface area contributed by atoms with E-state index < -0.39 is 5.25 Å². The molecular formula is C20H19BrClNO4S. The molecule has 1 aliphatic rings. The largest absolute Gasteiger partial charge is 0.490 e. The summed E-state index contributed by atoms with van der Waals surface area (Å²) in [4.78, 5) is 26.5. The van der Waals surface area contributed by atoms with Crippen molar-refractivity contribution in [1.82, 2.24) is 0 Å². The average molecular weight is 485 g/mol. The Morgan fingerprint density at radius 1 is 1.11 bits per heavy atom. The SMILES string of the molecule is CCOc1cc(C[C@H]2SC(=O)N(c3ccc(Cl)cc3)C2=O)cc(Br)c1OCC. The highest BCUT2D eigenvalue weighted by atomic mass is 79.9. The minimum Gasteiger partial charge on any atom is -0.490 e. The van der Waals surface area contributed by atoms with E-state index in [1.54, 1.807) is 24.3 Å². The first kappa shape index (κ1) is 21.0. The number of benzene rings is 2. The lowest BCUT2D eigenvalue weighted by atomic mass is 10.1. The fraction of sp³-hybridized carbons (Fsp3) is 0.300. The van der Waals surface area contributed by atoms with Crippen molar-refractivity contribution < 1.29 is 19.1 Å². The summed E-state index contributed by atoms with van der Waals surface area (Å²) < 4.78 is 12.1. The highest BCUT2D eigenvalue weighted by Gasteiger charge is 2.40. The fourth-order valence-corrected chi connectivity index (χ4v) is 4.67. The molecule has 5 nitrogen and oxygen atoms in total. The maximum Gasteiger partial charge on any atom is 0.293 e. The van der Waals surface area contributed by atoms with Crippen molar-refractivity contribution in [3.63, 3.8) is 0 Å². The number of hydrogen-bond acceptors (Lipinski definition) is 5. The monoisotopic (exact) mass is 483 g/mol. The predicted molar refractivity (Wildman–Crippen MR) is 116 cm³/mol. The molecule has 2 aromatic carbocycles. The molecule has 1 saturated heterocycles. The van der Waals surface area contributed by atoms with E-state index in [9.17, 15) is 9.59 Å². The second kappa shape index (κ2) is 9.20. The van der Waals surface area contributed by atoms with Crippen LogP contribution in [0.4, 0.5) is 10.5 Å². The molecule has 8 heteroatoms. The molecule has 0 saturated carbocycles. The Morgan fingerprint density at radius 2 is 1.79 bits per heavy atom. The van der Waals surface area contributed by atoms with Gasteiger partial charge in [0.1, 0.15) is 0 Å². The van der Waals surface area contributed by atoms with Gasteiger partial charge >= 0.3 is 0 Å². The van der Waals surface area contributed by atoms with Gasteiger partial charge in [-0.25, -0.2) is 4.90 Å². The van der Waals surface area contributed by atoms with Crippen LogP contribution in [0.5, 0.6) is 11.5 Å². The second-order valence-electron chi connectivity index (χ2n) is 6.00. The van der Waals surface area contributed by atoms with Gasteiger partial charge in [-0.1, -0.05) is 23.4 Å². The number of ether oxygens (including phenoxy) is 2. The number of carbonyl (C=O) groups is 2. The molecule has 0 aliphatic carbocycles. The smallest absolute Gasteiger partial charge is 0.293 e. The first-order valence-corrected chi connectivity index (χ1v) is 10.9. The summed E-state index contributed by atoms with van der Waals surface area (Å²) in [5.41, 5.74) is 1.41. The maximum atomic E-state index is 12.9. The summed E-state index contributed by atoms with van der Waals surface area (Å²) in [6, 6.07) is 10.4. The number of halogens is 2. The minimum absolute atomic E-state index is 0.236. The fourth-order valence-electron chi connectivity index (χ4n) is 2.91. The second-order valence-corrected chi connectivity index (χ2v) is 8.44. The molecule has 1 fully saturated rings. The average Bonchev–Trinajstić information content (AvgIpc) is 2.93. The number of nitrogens with zero attached hydrogens (tertiary/aromatic N) is 1. The van der Waals surface area contributed by atoms with Gasteiger partial charge in [0.15, 0.2) is 11.5 Å². The Balaban J connectivity index is 1.83. The van der Waals surface area contributed by atoms with Crippen LogP contribution in [0.3, 0.4) is 0 Å². The number of imide groups is 1. The lowest BCUT2D eigenvalue weighted by Gasteiger charge is -2.16. The highest BCUT2D eigenvalue weighted by molar-refractivity contribution is 9.10. The molecule has 0 bridgehead atoms. The summed E-state index contributed by atoms with van der Waals surface area (Å²) in [5.74, 6) is 1.02. The Hall–Kier alpha value is -1.70. The molecule has 0 spiro atoms. The summed E-state index contributed by atoms with van der Waals surface area (Å²) in [7, 11) is 0. The van der Waals surface area contributed by atoms with Crippen molar-refractivity contribution in [1.29, 1.82) is 0 Å². The van der Waals surface area contributed by atoms with E-state index >= 15 is 0 Å². The van der Waals surface area contributed by atoms with Crippen molar-refractivity contribution in [3.05, 3.63) is 51.5 Å². The Bertz CT molecular complexity index is 891. The number of rotatable bonds is 7. The van der Waals surface area contributed by atoms with Gasteiger partial charge in [0.05, 0.1) is 28.6 Å². The minimum atomic E-state index is -0.498. The van der Waals surface area contributed by atoms with Crippen LogP contribution in [0.25, 0.3) is 0 Å². The number of thioether (sulfide) groups is 1. The maximum absolute atomic E-state index is 12.9. The summed E-state index contributed by atoms with van der Waals surface area (Å²) >= 11 is 10.4. The topological polar surface area (TPSA) is 55.8 Å². The van der Waals surface area contributed by atoms with Crippen LogP contribution in [0.15, 0.2) is 40.9 Å². The van der Waals surface area contributed by atoms with E-state index in [4.69, 9.17) is 21.1 Å². The Labute approximate surface area is 181 Å². The number of amides is 2. The van der Waals surface area contributed by atoms with Crippen molar-refractivity contribution in [2.75, 3.05) is 18.1 Å². The first-order chi connectivity index (χ1) is 13.4. The molecule has 0 N–H and O–H groups in total. The van der Waals surface area contributed by atoms with E-state index in [1.807, 2.05) is 26.0 Å². The molecule has 0 radical (unpaired) electrons. The molecule has 3 rings (SSSR count). The molecule has 28 heavy (non-hydrogen) atoms. The van der Waals surface area contributed by atoms with Crippen LogP contribution < -0.4 is 14.4 Å². The molecule has 2 amide bonds. The van der Waals surface area contributed by atoms with Gasteiger partial charge in [0.2, 0.25) is 5.91 Å². The molecule has 0 aromatic heterocycles. The van der Waals surface area contributed by atoms with E-state index in [0.717, 1.165) is 21.8 Å². The lowest BCUT2D eigenvalue weighted by Crippen LogP contribution is -2.32. The van der Waals surface area contributed by atoms with Gasteiger partial charge in [0.25, 0.3) is 5.24 Å². The summed E-state index contributed by atoms with van der Waals surface area (Å²) in [6.45, 7) is 4.81. The molecule has 1 atom stereocenters. The normalized spacial score (nSPS) is 16.6. The molecule has 1 aliphatic heterocycles. The van der Waals surface area contributed by atoms with E-state index in [0.29, 0.717) is 41.8 Å². The van der Waals surface area contributed by atoms with Crippen LogP contribution >= 0.6 is 39.3 Å². The number of carbonyl (C=O) groups excluding carboxylic acids is 2. The number of anilines is 1. The van der Waals surface area contributed by atoms with Crippen LogP contribution in [0, 0.1) is 0 Å². The van der Waals surface area contributed by atoms with E-state index in [2.05, 4.69) is 15.9 Å². The Kier molecular flexibility index (Phi) is 6.91. The van der Waals surface area contributed by atoms with Gasteiger partial charge in [-0.3, -0.25) is 9.59 Å². The van der Waals surface area contributed by atoms with Crippen molar-refractivity contribution in [3.8, 4) is 11.5 Å². The summed E-state index contributed by atoms with van der Waals surface area (Å²) in [5, 5.41) is -0.232. The van der Waals surface area contributed by atoms with Gasteiger partial charge < -0.3 is 9.47 Å². The van der Waals surface area contributed by atoms with Gasteiger partial charge in [0, 0.05) is 5.02 Å². The predicted octanol–water partition coefficient (Wildman–Crippen LogP) is 5.71. The van der Waals surface area contributed by atoms with Crippen molar-refractivity contribution >= 4 is 56.1 Å². The van der Waals surface area contributed by atoms with Crippen LogP contribution in [0.2, 0.25) is 5.02 Å². The van der Waals surface area contributed by atoms with Crippen LogP contribution in [-0.2, 0) is 11.2 Å². The third kappa shape index (κ3) is 4.47. The molecule has 1 heterocycles. The standard InChI is InChI=1S/C20H19BrClNO4S/c1-3-26-16-10-12(9-15(21)18(16)27-4-2)11-17-19(24)23(20(25)28-17)14-7-5-13(22)6-8-14/h5-10,17H,3-4,11H2,1-2H3/t17-/m1/s1. The zero-order valence-electron chi connectivity index (χ0n) is 15.4. The van der Waals surface area contributed by atoms with Crippen molar-refractivity contribution in [2.45, 2.75) is 25.5 Å². The first-order valence-electron chi connectivity index (χ1n) is 8.82. The van der Waals surface area contributed by atoms with Gasteiger partial charge in [-0.2, -0.15) is 0 Å². The third-order valence-electron chi connectivity index (χ3n) is 4.09. The third-order valence-corrected chi connectivity index (χ3v) is 5.96. The van der Waals surface area contributed by atoms with E-state index in [-0.39, 0.29) is 11.1 Å². The lowest BCUT2D eigenvalue weighted by molar-refractivity contribution is -0.117. The number of hydrogen-bond donors (Lipinski definition) is 0. The molecule has 2 aromatic rings. The zero-order chi connectivity index (χ0) is 20.3. The van der Waals surface area contributed by atoms with Crippen LogP contribution in [-0.4, -0.2) is 29.6 Å². The van der Waals surface area contributed by atoms with Crippen molar-refractivity contribution in [2.24, 2.45) is 0 Å². The quantitative estimate of drug-likeness (QED) is 0.504. The molecule has 0 unspecified atom stereocenters. The Morgan fingerprint density at radius 3 is 2.43 bits per heavy atom. The van der Waals surface area contributed by atoms with Gasteiger partial charge in [-0.05, 0) is 78.2 Å². The highest BCUT2D eigenvalue weighted by Crippen LogP contribution is 2.39.